The SMILES string of the molecule is CCN(CCCO)CCC(NC)c1ccc(F)cc1. The normalized spacial score (nSPS) is 12.9. The molecule has 1 atom stereocenters. The summed E-state index contributed by atoms with van der Waals surface area (Å²) in [4.78, 5) is 2.32. The standard InChI is InChI=1S/C15H25FN2O/c1-3-18(10-4-12-19)11-9-15(17-2)13-5-7-14(16)8-6-13/h5-8,15,17,19H,3-4,9-12H2,1-2H3. The number of nitrogens with zero attached hydrogens (tertiary/aromatic N) is 1. The van der Waals surface area contributed by atoms with Crippen molar-refractivity contribution in [1.82, 2.24) is 10.2 Å². The second kappa shape index (κ2) is 9.02. The van der Waals surface area contributed by atoms with Crippen molar-refractivity contribution in [3.05, 3.63) is 35.6 Å². The van der Waals surface area contributed by atoms with E-state index in [2.05, 4.69) is 17.1 Å². The number of hydrogen-bond acceptors (Lipinski definition) is 3. The van der Waals surface area contributed by atoms with Crippen LogP contribution in [-0.4, -0.2) is 43.3 Å². The van der Waals surface area contributed by atoms with E-state index >= 15 is 0 Å². The zero-order valence-electron chi connectivity index (χ0n) is 11.9. The van der Waals surface area contributed by atoms with Crippen LogP contribution in [-0.2, 0) is 0 Å². The number of hydrogen-bond donors (Lipinski definition) is 2. The molecule has 0 aliphatic rings. The topological polar surface area (TPSA) is 35.5 Å². The Morgan fingerprint density at radius 3 is 2.47 bits per heavy atom. The Morgan fingerprint density at radius 1 is 1.26 bits per heavy atom. The molecule has 0 saturated heterocycles. The van der Waals surface area contributed by atoms with Gasteiger partial charge in [-0.15, -0.1) is 0 Å². The predicted molar refractivity (Wildman–Crippen MR) is 76.6 cm³/mol. The van der Waals surface area contributed by atoms with Gasteiger partial charge in [-0.05, 0) is 50.7 Å². The van der Waals surface area contributed by atoms with E-state index in [0.717, 1.165) is 38.0 Å². The van der Waals surface area contributed by atoms with Crippen LogP contribution < -0.4 is 5.32 Å². The molecule has 0 spiro atoms. The molecule has 0 bridgehead atoms. The first-order valence-corrected chi connectivity index (χ1v) is 6.97. The largest absolute Gasteiger partial charge is 0.396 e. The maximum atomic E-state index is 12.9. The highest BCUT2D eigenvalue weighted by Gasteiger charge is 2.11. The maximum absolute atomic E-state index is 12.9. The van der Waals surface area contributed by atoms with Crippen LogP contribution in [0.5, 0.6) is 0 Å². The van der Waals surface area contributed by atoms with Crippen LogP contribution in [0.1, 0.15) is 31.4 Å². The lowest BCUT2D eigenvalue weighted by molar-refractivity contribution is 0.223. The fourth-order valence-corrected chi connectivity index (χ4v) is 2.21. The number of benzene rings is 1. The average Bonchev–Trinajstić information content (AvgIpc) is 2.44. The lowest BCUT2D eigenvalue weighted by atomic mass is 10.0. The molecule has 108 valence electrons. The number of aliphatic hydroxyl groups excluding tert-OH is 1. The second-order valence-electron chi connectivity index (χ2n) is 4.69. The molecule has 0 aromatic heterocycles. The van der Waals surface area contributed by atoms with Gasteiger partial charge in [0.2, 0.25) is 0 Å². The van der Waals surface area contributed by atoms with Crippen LogP contribution in [0.4, 0.5) is 4.39 Å². The molecular weight excluding hydrogens is 243 g/mol. The molecule has 0 radical (unpaired) electrons. The zero-order chi connectivity index (χ0) is 14.1. The van der Waals surface area contributed by atoms with Gasteiger partial charge in [0.15, 0.2) is 0 Å². The first kappa shape index (κ1) is 16.1. The third-order valence-electron chi connectivity index (χ3n) is 3.43. The molecule has 0 amide bonds. The van der Waals surface area contributed by atoms with Gasteiger partial charge in [-0.3, -0.25) is 0 Å². The number of nitrogens with one attached hydrogen (secondary N) is 1. The van der Waals surface area contributed by atoms with Crippen molar-refractivity contribution in [2.45, 2.75) is 25.8 Å². The van der Waals surface area contributed by atoms with Crippen LogP contribution in [0.2, 0.25) is 0 Å². The molecule has 1 rings (SSSR count). The first-order chi connectivity index (χ1) is 9.21. The van der Waals surface area contributed by atoms with Crippen molar-refractivity contribution in [2.75, 3.05) is 33.3 Å². The van der Waals surface area contributed by atoms with Gasteiger partial charge in [-0.25, -0.2) is 4.39 Å². The minimum absolute atomic E-state index is 0.197. The molecule has 1 aromatic carbocycles. The smallest absolute Gasteiger partial charge is 0.123 e. The lowest BCUT2D eigenvalue weighted by Gasteiger charge is -2.24. The molecule has 2 N–H and O–H groups in total. The van der Waals surface area contributed by atoms with Gasteiger partial charge in [0.05, 0.1) is 0 Å². The molecule has 4 heteroatoms. The van der Waals surface area contributed by atoms with Gasteiger partial charge in [0, 0.05) is 19.2 Å². The van der Waals surface area contributed by atoms with Crippen molar-refractivity contribution in [3.8, 4) is 0 Å². The summed E-state index contributed by atoms with van der Waals surface area (Å²) in [7, 11) is 1.93. The van der Waals surface area contributed by atoms with Gasteiger partial charge in [0.25, 0.3) is 0 Å². The summed E-state index contributed by atoms with van der Waals surface area (Å²) in [5.74, 6) is -0.197. The zero-order valence-corrected chi connectivity index (χ0v) is 11.9. The van der Waals surface area contributed by atoms with Gasteiger partial charge < -0.3 is 15.3 Å². The summed E-state index contributed by atoms with van der Waals surface area (Å²) in [5, 5.41) is 12.1. The molecule has 1 aromatic rings. The predicted octanol–water partition coefficient (Wildman–Crippen LogP) is 2.18. The number of rotatable bonds is 9. The van der Waals surface area contributed by atoms with E-state index in [-0.39, 0.29) is 18.5 Å². The van der Waals surface area contributed by atoms with Crippen LogP contribution in [0.15, 0.2) is 24.3 Å². The van der Waals surface area contributed by atoms with Gasteiger partial charge in [0.1, 0.15) is 5.82 Å². The average molecular weight is 268 g/mol. The summed E-state index contributed by atoms with van der Waals surface area (Å²) in [6, 6.07) is 6.91. The Bertz CT molecular complexity index is 343. The van der Waals surface area contributed by atoms with E-state index in [4.69, 9.17) is 5.11 Å². The molecule has 0 fully saturated rings. The van der Waals surface area contributed by atoms with E-state index in [0.29, 0.717) is 0 Å². The Morgan fingerprint density at radius 2 is 1.95 bits per heavy atom. The summed E-state index contributed by atoms with van der Waals surface area (Å²) >= 11 is 0. The van der Waals surface area contributed by atoms with Gasteiger partial charge in [-0.2, -0.15) is 0 Å². The van der Waals surface area contributed by atoms with E-state index in [9.17, 15) is 4.39 Å². The summed E-state index contributed by atoms with van der Waals surface area (Å²) in [6.45, 7) is 5.25. The molecule has 0 aliphatic carbocycles. The van der Waals surface area contributed by atoms with E-state index in [1.165, 1.54) is 12.1 Å². The lowest BCUT2D eigenvalue weighted by Crippen LogP contribution is -2.29. The molecule has 0 aliphatic heterocycles. The highest BCUT2D eigenvalue weighted by molar-refractivity contribution is 5.19. The van der Waals surface area contributed by atoms with Crippen LogP contribution in [0.25, 0.3) is 0 Å². The molecule has 0 saturated carbocycles. The van der Waals surface area contributed by atoms with Crippen LogP contribution in [0.3, 0.4) is 0 Å². The summed E-state index contributed by atoms with van der Waals surface area (Å²) in [6.07, 6.45) is 1.79. The van der Waals surface area contributed by atoms with E-state index < -0.39 is 0 Å². The third-order valence-corrected chi connectivity index (χ3v) is 3.43. The van der Waals surface area contributed by atoms with Crippen LogP contribution in [0, 0.1) is 5.82 Å². The molecule has 0 heterocycles. The first-order valence-electron chi connectivity index (χ1n) is 6.97. The number of aliphatic hydroxyl groups is 1. The Hall–Kier alpha value is -0.970. The van der Waals surface area contributed by atoms with Crippen molar-refractivity contribution in [1.29, 1.82) is 0 Å². The quantitative estimate of drug-likeness (QED) is 0.720. The minimum atomic E-state index is -0.197. The monoisotopic (exact) mass is 268 g/mol. The summed E-state index contributed by atoms with van der Waals surface area (Å²) < 4.78 is 12.9. The maximum Gasteiger partial charge on any atom is 0.123 e. The van der Waals surface area contributed by atoms with Crippen LogP contribution >= 0.6 is 0 Å². The summed E-state index contributed by atoms with van der Waals surface area (Å²) in [5.41, 5.74) is 1.11. The Kier molecular flexibility index (Phi) is 7.63. The van der Waals surface area contributed by atoms with Crippen molar-refractivity contribution < 1.29 is 9.50 Å². The van der Waals surface area contributed by atoms with Crippen molar-refractivity contribution in [2.24, 2.45) is 0 Å². The van der Waals surface area contributed by atoms with E-state index in [1.807, 2.05) is 19.2 Å². The fourth-order valence-electron chi connectivity index (χ4n) is 2.21. The molecule has 19 heavy (non-hydrogen) atoms. The Balaban J connectivity index is 2.49. The van der Waals surface area contributed by atoms with E-state index in [1.54, 1.807) is 0 Å². The molecule has 1 unspecified atom stereocenters. The fraction of sp³-hybridized carbons (Fsp3) is 0.600. The Labute approximate surface area is 115 Å². The van der Waals surface area contributed by atoms with Crippen molar-refractivity contribution >= 4 is 0 Å². The highest BCUT2D eigenvalue weighted by Crippen LogP contribution is 2.17. The minimum Gasteiger partial charge on any atom is -0.396 e. The molecule has 3 nitrogen and oxygen atoms in total. The number of halogens is 1. The van der Waals surface area contributed by atoms with Crippen molar-refractivity contribution in [3.63, 3.8) is 0 Å². The van der Waals surface area contributed by atoms with Gasteiger partial charge >= 0.3 is 0 Å². The van der Waals surface area contributed by atoms with Gasteiger partial charge in [-0.1, -0.05) is 19.1 Å². The molecular formula is C15H25FN2O. The highest BCUT2D eigenvalue weighted by atomic mass is 19.1. The third kappa shape index (κ3) is 5.68. The second-order valence-corrected chi connectivity index (χ2v) is 4.69.